The molecule has 0 spiro atoms. The van der Waals surface area contributed by atoms with Crippen molar-refractivity contribution >= 4 is 0 Å². The van der Waals surface area contributed by atoms with E-state index < -0.39 is 0 Å². The van der Waals surface area contributed by atoms with Crippen molar-refractivity contribution in [1.29, 1.82) is 0 Å². The van der Waals surface area contributed by atoms with Gasteiger partial charge in [0.1, 0.15) is 0 Å². The molecule has 3 aliphatic heterocycles. The van der Waals surface area contributed by atoms with Gasteiger partial charge in [-0.25, -0.2) is 0 Å². The third kappa shape index (κ3) is 2.33. The van der Waals surface area contributed by atoms with Crippen LogP contribution in [0.2, 0.25) is 0 Å². The summed E-state index contributed by atoms with van der Waals surface area (Å²) >= 11 is 0. The molecule has 3 rings (SSSR count). The number of hydrogen-bond acceptors (Lipinski definition) is 4. The lowest BCUT2D eigenvalue weighted by Gasteiger charge is -2.49. The molecule has 0 bridgehead atoms. The van der Waals surface area contributed by atoms with Crippen molar-refractivity contribution in [3.63, 3.8) is 0 Å². The van der Waals surface area contributed by atoms with Gasteiger partial charge in [-0.15, -0.1) is 0 Å². The monoisotopic (exact) mass is 267 g/mol. The maximum atomic E-state index is 6.27. The Bertz CT molecular complexity index is 304. The van der Waals surface area contributed by atoms with Crippen molar-refractivity contribution in [3.8, 4) is 0 Å². The molecule has 0 aromatic rings. The first kappa shape index (κ1) is 13.8. The van der Waals surface area contributed by atoms with Gasteiger partial charge in [0, 0.05) is 44.9 Å². The zero-order chi connectivity index (χ0) is 13.3. The molecular formula is C15H29N3O. The Labute approximate surface area is 117 Å². The molecule has 4 nitrogen and oxygen atoms in total. The number of piperidine rings is 2. The Balaban J connectivity index is 1.72. The SMILES string of the molecule is COC1CCN(C2(CN)CCN3CCCCC32)CC1. The average Bonchev–Trinajstić information content (AvgIpc) is 2.87. The molecule has 3 saturated heterocycles. The maximum absolute atomic E-state index is 6.27. The molecule has 0 radical (unpaired) electrons. The number of nitrogens with zero attached hydrogens (tertiary/aromatic N) is 2. The number of ether oxygens (including phenoxy) is 1. The van der Waals surface area contributed by atoms with E-state index in [1.165, 1.54) is 64.7 Å². The van der Waals surface area contributed by atoms with Crippen LogP contribution >= 0.6 is 0 Å². The van der Waals surface area contributed by atoms with Gasteiger partial charge in [-0.2, -0.15) is 0 Å². The molecule has 2 atom stereocenters. The van der Waals surface area contributed by atoms with E-state index in [0.717, 1.165) is 6.54 Å². The van der Waals surface area contributed by atoms with Crippen molar-refractivity contribution in [3.05, 3.63) is 0 Å². The van der Waals surface area contributed by atoms with Gasteiger partial charge in [0.2, 0.25) is 0 Å². The molecule has 0 saturated carbocycles. The van der Waals surface area contributed by atoms with Gasteiger partial charge in [-0.1, -0.05) is 6.42 Å². The molecule has 2 N–H and O–H groups in total. The van der Waals surface area contributed by atoms with Crippen LogP contribution in [0.25, 0.3) is 0 Å². The third-order valence-corrected chi connectivity index (χ3v) is 5.82. The molecule has 2 unspecified atom stereocenters. The summed E-state index contributed by atoms with van der Waals surface area (Å²) in [6.07, 6.45) is 8.19. The minimum atomic E-state index is 0.263. The van der Waals surface area contributed by atoms with Crippen LogP contribution in [0.15, 0.2) is 0 Å². The number of fused-ring (bicyclic) bond motifs is 1. The first-order valence-electron chi connectivity index (χ1n) is 8.02. The second-order valence-corrected chi connectivity index (χ2v) is 6.53. The van der Waals surface area contributed by atoms with Crippen LogP contribution in [-0.4, -0.2) is 67.3 Å². The van der Waals surface area contributed by atoms with Gasteiger partial charge in [-0.05, 0) is 38.6 Å². The topological polar surface area (TPSA) is 41.7 Å². The van der Waals surface area contributed by atoms with Crippen molar-refractivity contribution < 1.29 is 4.74 Å². The predicted molar refractivity (Wildman–Crippen MR) is 77.2 cm³/mol. The fraction of sp³-hybridized carbons (Fsp3) is 1.00. The highest BCUT2D eigenvalue weighted by Crippen LogP contribution is 2.40. The summed E-state index contributed by atoms with van der Waals surface area (Å²) in [4.78, 5) is 5.41. The third-order valence-electron chi connectivity index (χ3n) is 5.82. The molecule has 0 aromatic heterocycles. The average molecular weight is 267 g/mol. The van der Waals surface area contributed by atoms with Crippen LogP contribution < -0.4 is 5.73 Å². The molecule has 3 aliphatic rings. The number of rotatable bonds is 3. The summed E-state index contributed by atoms with van der Waals surface area (Å²) in [7, 11) is 1.84. The van der Waals surface area contributed by atoms with Gasteiger partial charge >= 0.3 is 0 Å². The number of methoxy groups -OCH3 is 1. The van der Waals surface area contributed by atoms with Gasteiger partial charge in [-0.3, -0.25) is 9.80 Å². The number of likely N-dealkylation sites (tertiary alicyclic amines) is 1. The summed E-state index contributed by atoms with van der Waals surface area (Å²) in [6, 6.07) is 0.713. The Hall–Kier alpha value is -0.160. The van der Waals surface area contributed by atoms with E-state index in [-0.39, 0.29) is 5.54 Å². The highest BCUT2D eigenvalue weighted by molar-refractivity contribution is 5.09. The summed E-state index contributed by atoms with van der Waals surface area (Å²) in [5.41, 5.74) is 6.54. The molecule has 0 aliphatic carbocycles. The molecular weight excluding hydrogens is 238 g/mol. The molecule has 110 valence electrons. The van der Waals surface area contributed by atoms with Crippen LogP contribution in [0.5, 0.6) is 0 Å². The van der Waals surface area contributed by atoms with E-state index in [1.807, 2.05) is 7.11 Å². The standard InChI is InChI=1S/C15H29N3O/c1-19-13-5-9-18(10-6-13)15(12-16)7-11-17-8-3-2-4-14(15)17/h13-14H,2-12,16H2,1H3. The first-order valence-corrected chi connectivity index (χ1v) is 8.02. The van der Waals surface area contributed by atoms with E-state index >= 15 is 0 Å². The van der Waals surface area contributed by atoms with Crippen LogP contribution in [0.4, 0.5) is 0 Å². The quantitative estimate of drug-likeness (QED) is 0.830. The van der Waals surface area contributed by atoms with Crippen LogP contribution in [0.1, 0.15) is 38.5 Å². The van der Waals surface area contributed by atoms with Crippen LogP contribution in [-0.2, 0) is 4.74 Å². The molecule has 0 amide bonds. The first-order chi connectivity index (χ1) is 9.30. The van der Waals surface area contributed by atoms with Gasteiger partial charge in [0.25, 0.3) is 0 Å². The Morgan fingerprint density at radius 3 is 2.58 bits per heavy atom. The summed E-state index contributed by atoms with van der Waals surface area (Å²) in [5, 5.41) is 0. The van der Waals surface area contributed by atoms with E-state index in [4.69, 9.17) is 10.5 Å². The molecule has 3 fully saturated rings. The van der Waals surface area contributed by atoms with Crippen LogP contribution in [0, 0.1) is 0 Å². The van der Waals surface area contributed by atoms with E-state index in [2.05, 4.69) is 9.80 Å². The van der Waals surface area contributed by atoms with Crippen molar-refractivity contribution in [2.75, 3.05) is 39.8 Å². The van der Waals surface area contributed by atoms with Crippen LogP contribution in [0.3, 0.4) is 0 Å². The minimum Gasteiger partial charge on any atom is -0.381 e. The zero-order valence-electron chi connectivity index (χ0n) is 12.3. The van der Waals surface area contributed by atoms with Crippen molar-refractivity contribution in [2.24, 2.45) is 5.73 Å². The fourth-order valence-electron chi connectivity index (χ4n) is 4.64. The van der Waals surface area contributed by atoms with Gasteiger partial charge in [0.05, 0.1) is 6.10 Å². The molecule has 0 aromatic carbocycles. The smallest absolute Gasteiger partial charge is 0.0595 e. The van der Waals surface area contributed by atoms with E-state index in [9.17, 15) is 0 Å². The Morgan fingerprint density at radius 2 is 1.89 bits per heavy atom. The normalized spacial score (nSPS) is 38.5. The lowest BCUT2D eigenvalue weighted by atomic mass is 9.82. The van der Waals surface area contributed by atoms with Gasteiger partial charge < -0.3 is 10.5 Å². The van der Waals surface area contributed by atoms with Crippen molar-refractivity contribution in [2.45, 2.75) is 56.2 Å². The van der Waals surface area contributed by atoms with Crippen molar-refractivity contribution in [1.82, 2.24) is 9.80 Å². The second-order valence-electron chi connectivity index (χ2n) is 6.53. The minimum absolute atomic E-state index is 0.263. The lowest BCUT2D eigenvalue weighted by Crippen LogP contribution is -2.63. The molecule has 3 heterocycles. The molecule has 19 heavy (non-hydrogen) atoms. The summed E-state index contributed by atoms with van der Waals surface area (Å²) in [6.45, 7) is 5.71. The molecule has 4 heteroatoms. The number of hydrogen-bond donors (Lipinski definition) is 1. The van der Waals surface area contributed by atoms with E-state index in [0.29, 0.717) is 12.1 Å². The lowest BCUT2D eigenvalue weighted by molar-refractivity contribution is -0.0209. The summed E-state index contributed by atoms with van der Waals surface area (Å²) in [5.74, 6) is 0. The second kappa shape index (κ2) is 5.68. The van der Waals surface area contributed by atoms with Gasteiger partial charge in [0.15, 0.2) is 0 Å². The Morgan fingerprint density at radius 1 is 1.11 bits per heavy atom. The maximum Gasteiger partial charge on any atom is 0.0595 e. The Kier molecular flexibility index (Phi) is 4.13. The van der Waals surface area contributed by atoms with E-state index in [1.54, 1.807) is 0 Å². The predicted octanol–water partition coefficient (Wildman–Crippen LogP) is 1.05. The highest BCUT2D eigenvalue weighted by atomic mass is 16.5. The fourth-order valence-corrected chi connectivity index (χ4v) is 4.64. The zero-order valence-corrected chi connectivity index (χ0v) is 12.3. The number of nitrogens with two attached hydrogens (primary N) is 1. The largest absolute Gasteiger partial charge is 0.381 e. The summed E-state index contributed by atoms with van der Waals surface area (Å²) < 4.78 is 5.51. The highest BCUT2D eigenvalue weighted by Gasteiger charge is 2.50.